The minimum Gasteiger partial charge on any atom is -0.342 e. The maximum atomic E-state index is 13.1. The highest BCUT2D eigenvalue weighted by atomic mass is 32.2. The predicted octanol–water partition coefficient (Wildman–Crippen LogP) is 3.14. The number of hydrogen-bond donors (Lipinski definition) is 2. The Morgan fingerprint density at radius 2 is 1.82 bits per heavy atom. The average molecular weight is 398 g/mol. The summed E-state index contributed by atoms with van der Waals surface area (Å²) in [5, 5.41) is 4.04. The minimum absolute atomic E-state index is 0.152. The minimum atomic E-state index is -3.73. The number of aryl methyl sites for hydroxylation is 1. The first-order chi connectivity index (χ1) is 13.3. The maximum Gasteiger partial charge on any atom is 0.261 e. The molecule has 0 saturated carbocycles. The molecule has 0 spiro atoms. The number of para-hydroxylation sites is 1. The van der Waals surface area contributed by atoms with Crippen LogP contribution in [0.1, 0.15) is 19.7 Å². The molecule has 0 amide bonds. The number of allylic oxidation sites excluding steroid dienone is 1. The number of nitrogens with zero attached hydrogens (tertiary/aromatic N) is 3. The maximum absolute atomic E-state index is 13.1. The second kappa shape index (κ2) is 6.56. The molecule has 1 aliphatic heterocycles. The second-order valence-corrected chi connectivity index (χ2v) is 8.67. The zero-order valence-corrected chi connectivity index (χ0v) is 17.1. The summed E-state index contributed by atoms with van der Waals surface area (Å²) in [5.41, 5.74) is 3.97. The van der Waals surface area contributed by atoms with Crippen LogP contribution in [0, 0.1) is 6.92 Å². The van der Waals surface area contributed by atoms with Crippen LogP contribution in [0.15, 0.2) is 64.8 Å². The fraction of sp³-hybridized carbons (Fsp3) is 0.250. The summed E-state index contributed by atoms with van der Waals surface area (Å²) < 4.78 is 28.9. The van der Waals surface area contributed by atoms with E-state index in [-0.39, 0.29) is 10.9 Å². The number of hydrazine groups is 1. The highest BCUT2D eigenvalue weighted by Crippen LogP contribution is 2.32. The van der Waals surface area contributed by atoms with Crippen LogP contribution in [0.5, 0.6) is 0 Å². The van der Waals surface area contributed by atoms with Gasteiger partial charge < -0.3 is 4.98 Å². The van der Waals surface area contributed by atoms with Crippen LogP contribution in [-0.2, 0) is 10.0 Å². The summed E-state index contributed by atoms with van der Waals surface area (Å²) in [6, 6.07) is 14.7. The van der Waals surface area contributed by atoms with Crippen molar-refractivity contribution in [3.05, 3.63) is 65.7 Å². The number of aromatic amines is 1. The summed E-state index contributed by atoms with van der Waals surface area (Å²) in [4.78, 5) is 7.62. The number of anilines is 1. The van der Waals surface area contributed by atoms with Gasteiger partial charge in [-0.3, -0.25) is 14.7 Å². The molecule has 0 aliphatic carbocycles. The number of aromatic nitrogens is 2. The molecule has 146 valence electrons. The molecule has 2 aromatic carbocycles. The van der Waals surface area contributed by atoms with Gasteiger partial charge in [-0.2, -0.15) is 0 Å². The molecule has 0 saturated heterocycles. The number of imidazole rings is 1. The Kier molecular flexibility index (Phi) is 4.30. The van der Waals surface area contributed by atoms with Crippen LogP contribution in [0.2, 0.25) is 0 Å². The summed E-state index contributed by atoms with van der Waals surface area (Å²) in [6.45, 7) is 5.74. The number of rotatable bonds is 4. The standard InChI is InChI=1S/C20H23N5O2S/c1-13-20(14(2)25(24(13)4)16-8-6-5-7-9-16)23-28(26,27)17-10-11-18-19(12-17)22-15(3)21-18/h5-12,14,23H,1-4H3,(H,21,22). The van der Waals surface area contributed by atoms with Crippen LogP contribution in [-0.4, -0.2) is 36.5 Å². The SMILES string of the molecule is CC1=C(NS(=O)(=O)c2ccc3nc(C)[nH]c3c2)C(C)N(c2ccccc2)N1C. The number of benzene rings is 2. The smallest absolute Gasteiger partial charge is 0.261 e. The second-order valence-electron chi connectivity index (χ2n) is 6.99. The lowest BCUT2D eigenvalue weighted by molar-refractivity contribution is 0.397. The molecule has 2 heterocycles. The highest BCUT2D eigenvalue weighted by Gasteiger charge is 2.34. The molecular formula is C20H23N5O2S. The van der Waals surface area contributed by atoms with Crippen LogP contribution in [0.3, 0.4) is 0 Å². The predicted molar refractivity (Wildman–Crippen MR) is 110 cm³/mol. The van der Waals surface area contributed by atoms with Gasteiger partial charge in [0.2, 0.25) is 0 Å². The highest BCUT2D eigenvalue weighted by molar-refractivity contribution is 7.89. The van der Waals surface area contributed by atoms with Gasteiger partial charge in [-0.15, -0.1) is 0 Å². The third-order valence-corrected chi connectivity index (χ3v) is 6.49. The third kappa shape index (κ3) is 2.99. The molecular weight excluding hydrogens is 374 g/mol. The van der Waals surface area contributed by atoms with Crippen LogP contribution >= 0.6 is 0 Å². The molecule has 1 unspecified atom stereocenters. The number of H-pyrrole nitrogens is 1. The monoisotopic (exact) mass is 397 g/mol. The Morgan fingerprint density at radius 3 is 2.54 bits per heavy atom. The first kappa shape index (κ1) is 18.4. The summed E-state index contributed by atoms with van der Waals surface area (Å²) in [7, 11) is -1.80. The van der Waals surface area contributed by atoms with E-state index in [2.05, 4.69) is 19.7 Å². The fourth-order valence-corrected chi connectivity index (χ4v) is 4.89. The zero-order chi connectivity index (χ0) is 20.1. The van der Waals surface area contributed by atoms with E-state index in [1.165, 1.54) is 0 Å². The topological polar surface area (TPSA) is 81.3 Å². The zero-order valence-electron chi connectivity index (χ0n) is 16.3. The average Bonchev–Trinajstić information content (AvgIpc) is 3.13. The van der Waals surface area contributed by atoms with Crippen LogP contribution in [0.25, 0.3) is 11.0 Å². The number of hydrogen-bond acceptors (Lipinski definition) is 5. The largest absolute Gasteiger partial charge is 0.342 e. The van der Waals surface area contributed by atoms with E-state index in [0.717, 1.165) is 22.7 Å². The lowest BCUT2D eigenvalue weighted by atomic mass is 10.2. The fourth-order valence-electron chi connectivity index (χ4n) is 3.64. The number of nitrogens with one attached hydrogen (secondary N) is 2. The Bertz CT molecular complexity index is 1170. The van der Waals surface area contributed by atoms with Crippen molar-refractivity contribution in [2.75, 3.05) is 12.1 Å². The van der Waals surface area contributed by atoms with Gasteiger partial charge in [0.25, 0.3) is 10.0 Å². The Labute approximate surface area is 164 Å². The molecule has 4 rings (SSSR count). The molecule has 8 heteroatoms. The molecule has 3 aromatic rings. The van der Waals surface area contributed by atoms with Gasteiger partial charge in [0, 0.05) is 7.05 Å². The lowest BCUT2D eigenvalue weighted by Crippen LogP contribution is -2.40. The van der Waals surface area contributed by atoms with E-state index < -0.39 is 10.0 Å². The van der Waals surface area contributed by atoms with Crippen molar-refractivity contribution < 1.29 is 8.42 Å². The van der Waals surface area contributed by atoms with Crippen molar-refractivity contribution in [3.8, 4) is 0 Å². The van der Waals surface area contributed by atoms with Gasteiger partial charge in [0.05, 0.1) is 39.1 Å². The summed E-state index contributed by atoms with van der Waals surface area (Å²) in [6.07, 6.45) is 0. The van der Waals surface area contributed by atoms with Crippen molar-refractivity contribution in [2.24, 2.45) is 0 Å². The number of sulfonamides is 1. The van der Waals surface area contributed by atoms with Crippen molar-refractivity contribution >= 4 is 26.7 Å². The van der Waals surface area contributed by atoms with E-state index in [9.17, 15) is 8.42 Å². The molecule has 0 bridgehead atoms. The van der Waals surface area contributed by atoms with Crippen LogP contribution in [0.4, 0.5) is 5.69 Å². The Morgan fingerprint density at radius 1 is 1.11 bits per heavy atom. The van der Waals surface area contributed by atoms with Gasteiger partial charge >= 0.3 is 0 Å². The van der Waals surface area contributed by atoms with E-state index >= 15 is 0 Å². The molecule has 1 aromatic heterocycles. The molecule has 1 aliphatic rings. The molecule has 0 fully saturated rings. The quantitative estimate of drug-likeness (QED) is 0.707. The van der Waals surface area contributed by atoms with Crippen molar-refractivity contribution in [3.63, 3.8) is 0 Å². The van der Waals surface area contributed by atoms with Gasteiger partial charge in [0.15, 0.2) is 0 Å². The Balaban J connectivity index is 1.66. The van der Waals surface area contributed by atoms with E-state index in [1.807, 2.05) is 63.2 Å². The molecule has 0 radical (unpaired) electrons. The van der Waals surface area contributed by atoms with Gasteiger partial charge in [-0.25, -0.2) is 13.4 Å². The lowest BCUT2D eigenvalue weighted by Gasteiger charge is -2.33. The van der Waals surface area contributed by atoms with Gasteiger partial charge in [-0.1, -0.05) is 18.2 Å². The van der Waals surface area contributed by atoms with E-state index in [1.54, 1.807) is 18.2 Å². The van der Waals surface area contributed by atoms with Crippen molar-refractivity contribution in [1.29, 1.82) is 0 Å². The summed E-state index contributed by atoms with van der Waals surface area (Å²) >= 11 is 0. The Hall–Kier alpha value is -3.00. The molecule has 7 nitrogen and oxygen atoms in total. The summed E-state index contributed by atoms with van der Waals surface area (Å²) in [5.74, 6) is 0.751. The normalized spacial score (nSPS) is 17.6. The third-order valence-electron chi connectivity index (χ3n) is 5.13. The van der Waals surface area contributed by atoms with E-state index in [4.69, 9.17) is 0 Å². The number of fused-ring (bicyclic) bond motifs is 1. The van der Waals surface area contributed by atoms with E-state index in [0.29, 0.717) is 11.2 Å². The van der Waals surface area contributed by atoms with Crippen molar-refractivity contribution in [1.82, 2.24) is 19.7 Å². The van der Waals surface area contributed by atoms with Crippen molar-refractivity contribution in [2.45, 2.75) is 31.7 Å². The van der Waals surface area contributed by atoms with Crippen LogP contribution < -0.4 is 9.73 Å². The molecule has 28 heavy (non-hydrogen) atoms. The first-order valence-electron chi connectivity index (χ1n) is 9.06. The van der Waals surface area contributed by atoms with Gasteiger partial charge in [-0.05, 0) is 51.1 Å². The molecule has 2 N–H and O–H groups in total. The van der Waals surface area contributed by atoms with Gasteiger partial charge in [0.1, 0.15) is 5.82 Å². The molecule has 1 atom stereocenters. The first-order valence-corrected chi connectivity index (χ1v) is 10.5.